The number of ether oxygens (including phenoxy) is 4. The van der Waals surface area contributed by atoms with E-state index in [1.807, 2.05) is 6.92 Å². The monoisotopic (exact) mass is 668 g/mol. The van der Waals surface area contributed by atoms with E-state index in [-0.39, 0.29) is 52.1 Å². The highest BCUT2D eigenvalue weighted by molar-refractivity contribution is 5.98. The van der Waals surface area contributed by atoms with E-state index >= 15 is 0 Å². The van der Waals surface area contributed by atoms with Crippen molar-refractivity contribution in [2.24, 2.45) is 11.7 Å². The third kappa shape index (κ3) is 9.20. The number of benzene rings is 2. The summed E-state index contributed by atoms with van der Waals surface area (Å²) in [5.41, 5.74) is 5.87. The van der Waals surface area contributed by atoms with Gasteiger partial charge in [-0.2, -0.15) is 0 Å². The summed E-state index contributed by atoms with van der Waals surface area (Å²) in [6.45, 7) is 5.36. The van der Waals surface area contributed by atoms with Crippen molar-refractivity contribution in [1.29, 1.82) is 0 Å². The number of nitrogens with two attached hydrogens (primary N) is 1. The Balaban J connectivity index is 2.25. The molecule has 0 aliphatic carbocycles. The number of methoxy groups -OCH3 is 3. The lowest BCUT2D eigenvalue weighted by molar-refractivity contribution is -0.128. The normalized spacial score (nSPS) is 17.6. The van der Waals surface area contributed by atoms with Gasteiger partial charge >= 0.3 is 5.97 Å². The molecule has 12 nitrogen and oxygen atoms in total. The zero-order valence-corrected chi connectivity index (χ0v) is 28.6. The highest BCUT2D eigenvalue weighted by atomic mass is 16.5. The molecular weight excluding hydrogens is 620 g/mol. The van der Waals surface area contributed by atoms with Crippen LogP contribution in [0.5, 0.6) is 28.7 Å². The Kier molecular flexibility index (Phi) is 13.7. The fraction of sp³-hybridized carbons (Fsp3) is 0.500. The number of esters is 1. The Labute approximate surface area is 281 Å². The number of amides is 2. The maximum absolute atomic E-state index is 13.7. The average molecular weight is 669 g/mol. The molecule has 12 heteroatoms. The highest BCUT2D eigenvalue weighted by Crippen LogP contribution is 2.47. The van der Waals surface area contributed by atoms with Gasteiger partial charge in [0.25, 0.3) is 0 Å². The van der Waals surface area contributed by atoms with Crippen LogP contribution in [0.1, 0.15) is 105 Å². The smallest absolute Gasteiger partial charge is 0.342 e. The van der Waals surface area contributed by atoms with Crippen LogP contribution in [0.2, 0.25) is 0 Å². The van der Waals surface area contributed by atoms with Crippen molar-refractivity contribution in [3.05, 3.63) is 46.5 Å². The number of phenols is 2. The molecule has 0 bridgehead atoms. The minimum atomic E-state index is -1.09. The number of carbonyl (C=O) groups is 4. The maximum Gasteiger partial charge on any atom is 0.342 e. The molecule has 5 N–H and O–H groups in total. The van der Waals surface area contributed by atoms with Crippen molar-refractivity contribution < 1.29 is 48.3 Å². The van der Waals surface area contributed by atoms with Crippen LogP contribution in [0.25, 0.3) is 6.08 Å². The second-order valence-corrected chi connectivity index (χ2v) is 12.1. The number of rotatable bonds is 11. The second-order valence-electron chi connectivity index (χ2n) is 12.1. The first kappa shape index (κ1) is 37.7. The van der Waals surface area contributed by atoms with Gasteiger partial charge in [0.15, 0.2) is 11.5 Å². The van der Waals surface area contributed by atoms with Gasteiger partial charge < -0.3 is 40.2 Å². The van der Waals surface area contributed by atoms with E-state index < -0.39 is 47.3 Å². The van der Waals surface area contributed by atoms with Crippen molar-refractivity contribution in [3.8, 4) is 28.7 Å². The van der Waals surface area contributed by atoms with Crippen molar-refractivity contribution >= 4 is 29.6 Å². The number of carbonyl (C=O) groups excluding carboxylic acids is 4. The zero-order valence-electron chi connectivity index (χ0n) is 28.6. The lowest BCUT2D eigenvalue weighted by Crippen LogP contribution is -2.48. The van der Waals surface area contributed by atoms with Crippen molar-refractivity contribution in [2.45, 2.75) is 90.2 Å². The molecule has 2 aromatic rings. The number of primary amides is 1. The topological polar surface area (TPSA) is 184 Å². The Morgan fingerprint density at radius 1 is 1.04 bits per heavy atom. The molecule has 2 aromatic carbocycles. The number of fused-ring (bicyclic) bond motifs is 1. The number of cyclic esters (lactones) is 1. The number of phenolic OH excluding ortho intramolecular Hbond substituents is 2. The molecule has 4 atom stereocenters. The van der Waals surface area contributed by atoms with Gasteiger partial charge in [-0.25, -0.2) is 4.79 Å². The highest BCUT2D eigenvalue weighted by Gasteiger charge is 2.33. The molecule has 2 amide bonds. The van der Waals surface area contributed by atoms with Crippen molar-refractivity contribution in [3.63, 3.8) is 0 Å². The summed E-state index contributed by atoms with van der Waals surface area (Å²) < 4.78 is 22.3. The summed E-state index contributed by atoms with van der Waals surface area (Å²) in [5.74, 6) is -3.53. The molecule has 0 spiro atoms. The van der Waals surface area contributed by atoms with E-state index in [4.69, 9.17) is 24.7 Å². The molecule has 0 aromatic heterocycles. The Bertz CT molecular complexity index is 1490. The lowest BCUT2D eigenvalue weighted by Gasteiger charge is -2.26. The van der Waals surface area contributed by atoms with Gasteiger partial charge in [0, 0.05) is 30.7 Å². The molecular formula is C36H48N2O10. The van der Waals surface area contributed by atoms with Crippen LogP contribution in [0.4, 0.5) is 0 Å². The average Bonchev–Trinajstić information content (AvgIpc) is 3.04. The molecule has 48 heavy (non-hydrogen) atoms. The predicted octanol–water partition coefficient (Wildman–Crippen LogP) is 5.14. The predicted molar refractivity (Wildman–Crippen MR) is 180 cm³/mol. The van der Waals surface area contributed by atoms with Gasteiger partial charge in [-0.3, -0.25) is 14.4 Å². The van der Waals surface area contributed by atoms with E-state index in [1.54, 1.807) is 38.1 Å². The number of aromatic hydroxyl groups is 2. The fourth-order valence-corrected chi connectivity index (χ4v) is 5.86. The van der Waals surface area contributed by atoms with Gasteiger partial charge in [0.05, 0.1) is 27.4 Å². The van der Waals surface area contributed by atoms with Crippen LogP contribution in [0.3, 0.4) is 0 Å². The van der Waals surface area contributed by atoms with Crippen LogP contribution >= 0.6 is 0 Å². The molecule has 0 saturated carbocycles. The van der Waals surface area contributed by atoms with E-state index in [9.17, 15) is 29.4 Å². The third-order valence-electron chi connectivity index (χ3n) is 8.71. The van der Waals surface area contributed by atoms with Crippen LogP contribution in [-0.4, -0.2) is 67.3 Å². The SMILES string of the molecule is CC[C@H](C)[C@H](NC(=O)CC(c1cc(OC)c(OC)c(OC)c1)c1c(O)cc2c(c1O)C(=O)O[C@@H](C)CCCC(=O)CCCC=C2)C(N)=O. The van der Waals surface area contributed by atoms with Crippen molar-refractivity contribution in [2.75, 3.05) is 21.3 Å². The van der Waals surface area contributed by atoms with Crippen molar-refractivity contribution in [1.82, 2.24) is 5.32 Å². The summed E-state index contributed by atoms with van der Waals surface area (Å²) in [4.78, 5) is 51.7. The number of allylic oxidation sites excluding steroid dienone is 1. The van der Waals surface area contributed by atoms with Gasteiger partial charge in [-0.1, -0.05) is 32.4 Å². The summed E-state index contributed by atoms with van der Waals surface area (Å²) in [7, 11) is 4.28. The fourth-order valence-electron chi connectivity index (χ4n) is 5.86. The molecule has 262 valence electrons. The molecule has 0 radical (unpaired) electrons. The Morgan fingerprint density at radius 3 is 2.27 bits per heavy atom. The standard InChI is InChI=1S/C36H48N2O10/c1-7-20(2)32(35(37)43)38-29(41)19-25(23-17-27(45-4)34(47-6)28(18-23)46-5)31-26(40)16-22-13-9-8-10-14-24(39)15-11-12-21(3)48-36(44)30(22)33(31)42/h9,13,16-18,20-21,25,32,40,42H,7-8,10-12,14-15,19H2,1-6H3,(H2,37,43)(H,38,41)/t20-,21-,25?,32-/m0/s1. The molecule has 0 fully saturated rings. The van der Waals surface area contributed by atoms with E-state index in [0.717, 1.165) is 0 Å². The van der Waals surface area contributed by atoms with E-state index in [0.29, 0.717) is 50.5 Å². The van der Waals surface area contributed by atoms with Crippen LogP contribution in [-0.2, 0) is 19.1 Å². The second kappa shape index (κ2) is 17.4. The summed E-state index contributed by atoms with van der Waals surface area (Å²) in [6, 6.07) is 3.52. The number of ketones is 1. The maximum atomic E-state index is 13.7. The Morgan fingerprint density at radius 2 is 1.69 bits per heavy atom. The number of Topliss-reactive ketones (excluding diaryl/α,β-unsaturated/α-hetero) is 1. The Hall–Kier alpha value is -4.74. The summed E-state index contributed by atoms with van der Waals surface area (Å²) in [6.07, 6.45) is 5.92. The first-order valence-electron chi connectivity index (χ1n) is 16.2. The summed E-state index contributed by atoms with van der Waals surface area (Å²) >= 11 is 0. The minimum absolute atomic E-state index is 0.123. The summed E-state index contributed by atoms with van der Waals surface area (Å²) in [5, 5.41) is 26.1. The first-order valence-corrected chi connectivity index (χ1v) is 16.2. The third-order valence-corrected chi connectivity index (χ3v) is 8.71. The van der Waals surface area contributed by atoms with Gasteiger partial charge in [-0.15, -0.1) is 0 Å². The quantitative estimate of drug-likeness (QED) is 0.234. The van der Waals surface area contributed by atoms with Crippen LogP contribution in [0.15, 0.2) is 24.3 Å². The molecule has 3 rings (SSSR count). The molecule has 1 unspecified atom stereocenters. The molecule has 1 heterocycles. The van der Waals surface area contributed by atoms with Gasteiger partial charge in [0.2, 0.25) is 17.6 Å². The van der Waals surface area contributed by atoms with Crippen LogP contribution in [0, 0.1) is 5.92 Å². The number of nitrogens with one attached hydrogen (secondary N) is 1. The lowest BCUT2D eigenvalue weighted by atomic mass is 9.84. The molecule has 0 saturated heterocycles. The number of hydrogen-bond donors (Lipinski definition) is 4. The van der Waals surface area contributed by atoms with Gasteiger partial charge in [-0.05, 0) is 67.9 Å². The van der Waals surface area contributed by atoms with Gasteiger partial charge in [0.1, 0.15) is 28.9 Å². The molecule has 1 aliphatic heterocycles. The number of hydrogen-bond acceptors (Lipinski definition) is 10. The largest absolute Gasteiger partial charge is 0.507 e. The van der Waals surface area contributed by atoms with Crippen LogP contribution < -0.4 is 25.3 Å². The van der Waals surface area contributed by atoms with E-state index in [1.165, 1.54) is 27.4 Å². The minimum Gasteiger partial charge on any atom is -0.507 e. The zero-order chi connectivity index (χ0) is 35.5. The van der Waals surface area contributed by atoms with E-state index in [2.05, 4.69) is 5.32 Å². The first-order chi connectivity index (χ1) is 22.9. The molecule has 1 aliphatic rings.